The third-order valence-corrected chi connectivity index (χ3v) is 3.36. The smallest absolute Gasteiger partial charge is 0.146 e. The first-order valence-corrected chi connectivity index (χ1v) is 6.42. The Balaban J connectivity index is 1.99. The molecular weight excluding hydrogens is 229 g/mol. The summed E-state index contributed by atoms with van der Waals surface area (Å²) in [5, 5.41) is 7.98. The monoisotopic (exact) mass is 249 g/mol. The van der Waals surface area contributed by atoms with Crippen molar-refractivity contribution < 1.29 is 4.39 Å². The third kappa shape index (κ3) is 2.63. The highest BCUT2D eigenvalue weighted by molar-refractivity contribution is 5.81. The van der Waals surface area contributed by atoms with Crippen LogP contribution in [0, 0.1) is 17.1 Å². The zero-order valence-electron chi connectivity index (χ0n) is 11.0. The molecule has 1 aromatic carbocycles. The van der Waals surface area contributed by atoms with Crippen molar-refractivity contribution in [1.82, 2.24) is 4.90 Å². The van der Waals surface area contributed by atoms with Crippen molar-refractivity contribution in [2.24, 2.45) is 5.92 Å². The molecule has 98 valence electrons. The predicted molar refractivity (Wildman–Crippen MR) is 72.8 cm³/mol. The Hall–Kier alpha value is -1.58. The summed E-state index contributed by atoms with van der Waals surface area (Å²) in [4.78, 5) is 4.14. The van der Waals surface area contributed by atoms with Gasteiger partial charge in [0.25, 0.3) is 0 Å². The van der Waals surface area contributed by atoms with Gasteiger partial charge in [-0.1, -0.05) is 26.0 Å². The van der Waals surface area contributed by atoms with Gasteiger partial charge in [-0.2, -0.15) is 0 Å². The third-order valence-electron chi connectivity index (χ3n) is 3.36. The summed E-state index contributed by atoms with van der Waals surface area (Å²) in [5.41, 5.74) is 0.674. The number of nitrogens with zero attached hydrogens (tertiary/aromatic N) is 2. The maximum absolute atomic E-state index is 13.7. The summed E-state index contributed by atoms with van der Waals surface area (Å²) in [6.45, 7) is 7.21. The van der Waals surface area contributed by atoms with E-state index in [2.05, 4.69) is 9.80 Å². The second kappa shape index (κ2) is 5.38. The first-order valence-electron chi connectivity index (χ1n) is 6.42. The molecule has 0 bridgehead atoms. The van der Waals surface area contributed by atoms with Crippen LogP contribution >= 0.6 is 0 Å². The molecule has 0 aliphatic carbocycles. The molecular formula is C14H20FN3. The fourth-order valence-corrected chi connectivity index (χ4v) is 2.26. The first-order chi connectivity index (χ1) is 8.59. The number of para-hydroxylation sites is 1. The van der Waals surface area contributed by atoms with E-state index < -0.39 is 0 Å². The molecule has 0 unspecified atom stereocenters. The van der Waals surface area contributed by atoms with E-state index in [9.17, 15) is 4.39 Å². The lowest BCUT2D eigenvalue weighted by atomic mass is 10.1. The standard InChI is InChI=1S/C14H20FN3/c1-11(2)14(16)18-9-7-17(8-10-18)13-6-4-3-5-12(13)15/h3-6,11,16H,7-10H2,1-2H3. The number of benzene rings is 1. The van der Waals surface area contributed by atoms with Gasteiger partial charge in [-0.15, -0.1) is 0 Å². The van der Waals surface area contributed by atoms with Crippen LogP contribution in [0.4, 0.5) is 10.1 Å². The van der Waals surface area contributed by atoms with Crippen LogP contribution in [0.1, 0.15) is 13.8 Å². The second-order valence-electron chi connectivity index (χ2n) is 4.97. The van der Waals surface area contributed by atoms with Crippen LogP contribution in [0.15, 0.2) is 24.3 Å². The second-order valence-corrected chi connectivity index (χ2v) is 4.97. The highest BCUT2D eigenvalue weighted by Gasteiger charge is 2.21. The molecule has 0 radical (unpaired) electrons. The van der Waals surface area contributed by atoms with Crippen LogP contribution in [0.3, 0.4) is 0 Å². The normalized spacial score (nSPS) is 16.2. The lowest BCUT2D eigenvalue weighted by Crippen LogP contribution is -2.49. The van der Waals surface area contributed by atoms with Gasteiger partial charge >= 0.3 is 0 Å². The summed E-state index contributed by atoms with van der Waals surface area (Å²) < 4.78 is 13.7. The number of piperazine rings is 1. The van der Waals surface area contributed by atoms with E-state index in [0.717, 1.165) is 26.2 Å². The number of anilines is 1. The topological polar surface area (TPSA) is 30.3 Å². The quantitative estimate of drug-likeness (QED) is 0.645. The van der Waals surface area contributed by atoms with E-state index in [-0.39, 0.29) is 11.7 Å². The molecule has 1 aliphatic rings. The summed E-state index contributed by atoms with van der Waals surface area (Å²) in [6.07, 6.45) is 0. The Morgan fingerprint density at radius 2 is 1.78 bits per heavy atom. The van der Waals surface area contributed by atoms with Crippen molar-refractivity contribution >= 4 is 11.5 Å². The summed E-state index contributed by atoms with van der Waals surface area (Å²) in [6, 6.07) is 6.89. The van der Waals surface area contributed by atoms with Crippen LogP contribution < -0.4 is 4.90 Å². The maximum Gasteiger partial charge on any atom is 0.146 e. The van der Waals surface area contributed by atoms with E-state index in [0.29, 0.717) is 11.5 Å². The van der Waals surface area contributed by atoms with E-state index in [4.69, 9.17) is 5.41 Å². The molecule has 1 aromatic rings. The predicted octanol–water partition coefficient (Wildman–Crippen LogP) is 2.58. The van der Waals surface area contributed by atoms with E-state index in [1.165, 1.54) is 6.07 Å². The van der Waals surface area contributed by atoms with Gasteiger partial charge in [-0.05, 0) is 12.1 Å². The minimum Gasteiger partial charge on any atom is -0.366 e. The molecule has 1 fully saturated rings. The fourth-order valence-electron chi connectivity index (χ4n) is 2.26. The average molecular weight is 249 g/mol. The molecule has 0 aromatic heterocycles. The molecule has 0 spiro atoms. The molecule has 1 N–H and O–H groups in total. The maximum atomic E-state index is 13.7. The lowest BCUT2D eigenvalue weighted by molar-refractivity contribution is 0.366. The Bertz CT molecular complexity index is 423. The van der Waals surface area contributed by atoms with Crippen LogP contribution in [0.5, 0.6) is 0 Å². The minimum absolute atomic E-state index is 0.162. The Morgan fingerprint density at radius 1 is 1.17 bits per heavy atom. The summed E-state index contributed by atoms with van der Waals surface area (Å²) in [5.74, 6) is 0.776. The van der Waals surface area contributed by atoms with Gasteiger partial charge in [0.1, 0.15) is 5.82 Å². The number of nitrogens with one attached hydrogen (secondary N) is 1. The molecule has 18 heavy (non-hydrogen) atoms. The number of amidine groups is 1. The molecule has 2 rings (SSSR count). The Kier molecular flexibility index (Phi) is 3.84. The van der Waals surface area contributed by atoms with Crippen molar-refractivity contribution in [3.05, 3.63) is 30.1 Å². The molecule has 1 heterocycles. The van der Waals surface area contributed by atoms with Crippen molar-refractivity contribution in [2.45, 2.75) is 13.8 Å². The van der Waals surface area contributed by atoms with Gasteiger partial charge in [-0.3, -0.25) is 5.41 Å². The first kappa shape index (κ1) is 12.9. The van der Waals surface area contributed by atoms with E-state index in [1.807, 2.05) is 26.0 Å². The average Bonchev–Trinajstić information content (AvgIpc) is 2.38. The minimum atomic E-state index is -0.162. The van der Waals surface area contributed by atoms with Gasteiger partial charge in [0, 0.05) is 32.1 Å². The van der Waals surface area contributed by atoms with Gasteiger partial charge in [-0.25, -0.2) is 4.39 Å². The van der Waals surface area contributed by atoms with Crippen molar-refractivity contribution in [3.63, 3.8) is 0 Å². The van der Waals surface area contributed by atoms with Crippen molar-refractivity contribution in [3.8, 4) is 0 Å². The number of halogens is 1. The number of rotatable bonds is 2. The highest BCUT2D eigenvalue weighted by atomic mass is 19.1. The Labute approximate surface area is 108 Å². The largest absolute Gasteiger partial charge is 0.366 e. The zero-order valence-corrected chi connectivity index (χ0v) is 11.0. The summed E-state index contributed by atoms with van der Waals surface area (Å²) >= 11 is 0. The van der Waals surface area contributed by atoms with Gasteiger partial charge in [0.2, 0.25) is 0 Å². The van der Waals surface area contributed by atoms with Crippen molar-refractivity contribution in [2.75, 3.05) is 31.1 Å². The van der Waals surface area contributed by atoms with Gasteiger partial charge in [0.05, 0.1) is 11.5 Å². The van der Waals surface area contributed by atoms with Crippen molar-refractivity contribution in [1.29, 1.82) is 5.41 Å². The lowest BCUT2D eigenvalue weighted by Gasteiger charge is -2.38. The number of hydrogen-bond donors (Lipinski definition) is 1. The zero-order chi connectivity index (χ0) is 13.1. The van der Waals surface area contributed by atoms with E-state index in [1.54, 1.807) is 6.07 Å². The van der Waals surface area contributed by atoms with Crippen LogP contribution in [-0.4, -0.2) is 36.9 Å². The Morgan fingerprint density at radius 3 is 2.33 bits per heavy atom. The molecule has 1 saturated heterocycles. The highest BCUT2D eigenvalue weighted by Crippen LogP contribution is 2.20. The molecule has 3 nitrogen and oxygen atoms in total. The van der Waals surface area contributed by atoms with E-state index >= 15 is 0 Å². The molecule has 4 heteroatoms. The van der Waals surface area contributed by atoms with Crippen LogP contribution in [0.2, 0.25) is 0 Å². The van der Waals surface area contributed by atoms with Crippen LogP contribution in [0.25, 0.3) is 0 Å². The molecule has 0 amide bonds. The SMILES string of the molecule is CC(C)C(=N)N1CCN(c2ccccc2F)CC1. The van der Waals surface area contributed by atoms with Gasteiger partial charge < -0.3 is 9.80 Å². The summed E-state index contributed by atoms with van der Waals surface area (Å²) in [7, 11) is 0. The molecule has 1 aliphatic heterocycles. The fraction of sp³-hybridized carbons (Fsp3) is 0.500. The molecule has 0 atom stereocenters. The van der Waals surface area contributed by atoms with Gasteiger partial charge in [0.15, 0.2) is 0 Å². The van der Waals surface area contributed by atoms with Crippen LogP contribution in [-0.2, 0) is 0 Å². The molecule has 0 saturated carbocycles. The number of hydrogen-bond acceptors (Lipinski definition) is 2.